The van der Waals surface area contributed by atoms with Gasteiger partial charge < -0.3 is 4.40 Å². The predicted molar refractivity (Wildman–Crippen MR) is 214 cm³/mol. The molecule has 6 heteroatoms. The fraction of sp³-hybridized carbons (Fsp3) is 0. The molecular weight excluding hydrogens is 655 g/mol. The lowest BCUT2D eigenvalue weighted by atomic mass is 9.93. The Kier molecular flexibility index (Phi) is 7.25. The molecular formula is C46H29N5S. The van der Waals surface area contributed by atoms with Gasteiger partial charge in [0.15, 0.2) is 17.5 Å². The van der Waals surface area contributed by atoms with Crippen LogP contribution in [-0.4, -0.2) is 24.3 Å². The summed E-state index contributed by atoms with van der Waals surface area (Å²) in [5, 5.41) is 2.52. The van der Waals surface area contributed by atoms with Gasteiger partial charge in [-0.25, -0.2) is 19.9 Å². The van der Waals surface area contributed by atoms with Crippen molar-refractivity contribution < 1.29 is 0 Å². The maximum absolute atomic E-state index is 5.07. The van der Waals surface area contributed by atoms with E-state index in [9.17, 15) is 0 Å². The van der Waals surface area contributed by atoms with E-state index in [0.29, 0.717) is 17.5 Å². The third kappa shape index (κ3) is 5.43. The molecule has 0 unspecified atom stereocenters. The third-order valence-corrected chi connectivity index (χ3v) is 10.6. The predicted octanol–water partition coefficient (Wildman–Crippen LogP) is 11.9. The van der Waals surface area contributed by atoms with Gasteiger partial charge in [-0.1, -0.05) is 127 Å². The fourth-order valence-corrected chi connectivity index (χ4v) is 8.08. The number of pyridine rings is 1. The molecule has 0 radical (unpaired) electrons. The van der Waals surface area contributed by atoms with Crippen LogP contribution < -0.4 is 0 Å². The molecule has 0 atom stereocenters. The summed E-state index contributed by atoms with van der Waals surface area (Å²) in [7, 11) is 0. The Morgan fingerprint density at radius 1 is 0.385 bits per heavy atom. The van der Waals surface area contributed by atoms with Crippen LogP contribution in [-0.2, 0) is 0 Å². The van der Waals surface area contributed by atoms with E-state index in [1.807, 2.05) is 102 Å². The first-order chi connectivity index (χ1) is 25.7. The Hall–Kier alpha value is -6.76. The minimum atomic E-state index is 0.638. The van der Waals surface area contributed by atoms with Crippen molar-refractivity contribution in [3.8, 4) is 67.7 Å². The first-order valence-electron chi connectivity index (χ1n) is 17.2. The molecule has 0 saturated heterocycles. The molecule has 0 aliphatic heterocycles. The number of aromatic nitrogens is 5. The number of hydrogen-bond donors (Lipinski definition) is 0. The standard InChI is InChI=1S/C46H29N5S/c1-4-12-30(13-5-1)39-26-33(20-24-38(39)46-49-44(31-14-6-2-7-15-31)48-45(50-46)32-16-8-3-9-17-32)34-19-22-36-37-23-21-35(28-42(37)52-41(36)27-34)40-29-51-25-11-10-18-43(51)47-40/h1-29H. The van der Waals surface area contributed by atoms with Gasteiger partial charge in [0, 0.05) is 54.8 Å². The summed E-state index contributed by atoms with van der Waals surface area (Å²) in [6, 6.07) is 56.9. The first-order valence-corrected chi connectivity index (χ1v) is 18.0. The molecule has 0 bridgehead atoms. The lowest BCUT2D eigenvalue weighted by Gasteiger charge is -2.14. The summed E-state index contributed by atoms with van der Waals surface area (Å²) < 4.78 is 4.57. The van der Waals surface area contributed by atoms with Crippen LogP contribution in [0.1, 0.15) is 0 Å². The Balaban J connectivity index is 1.09. The summed E-state index contributed by atoms with van der Waals surface area (Å²) >= 11 is 1.82. The van der Waals surface area contributed by atoms with Gasteiger partial charge in [-0.15, -0.1) is 11.3 Å². The Morgan fingerprint density at radius 3 is 1.58 bits per heavy atom. The zero-order chi connectivity index (χ0) is 34.4. The molecule has 52 heavy (non-hydrogen) atoms. The highest BCUT2D eigenvalue weighted by Gasteiger charge is 2.17. The fourth-order valence-electron chi connectivity index (χ4n) is 6.89. The average Bonchev–Trinajstić information content (AvgIpc) is 3.83. The molecule has 5 nitrogen and oxygen atoms in total. The van der Waals surface area contributed by atoms with Crippen molar-refractivity contribution in [3.05, 3.63) is 176 Å². The lowest BCUT2D eigenvalue weighted by molar-refractivity contribution is 1.07. The molecule has 0 spiro atoms. The minimum absolute atomic E-state index is 0.638. The topological polar surface area (TPSA) is 56.0 Å². The van der Waals surface area contributed by atoms with E-state index >= 15 is 0 Å². The second kappa shape index (κ2) is 12.5. The quantitative estimate of drug-likeness (QED) is 0.175. The van der Waals surface area contributed by atoms with E-state index in [1.165, 1.54) is 20.2 Å². The van der Waals surface area contributed by atoms with Gasteiger partial charge in [0.25, 0.3) is 0 Å². The van der Waals surface area contributed by atoms with Crippen LogP contribution >= 0.6 is 11.3 Å². The number of benzene rings is 6. The van der Waals surface area contributed by atoms with Gasteiger partial charge >= 0.3 is 0 Å². The van der Waals surface area contributed by atoms with Crippen LogP contribution in [0.4, 0.5) is 0 Å². The number of imidazole rings is 1. The highest BCUT2D eigenvalue weighted by molar-refractivity contribution is 7.25. The first kappa shape index (κ1) is 30.1. The molecule has 0 fully saturated rings. The van der Waals surface area contributed by atoms with E-state index in [-0.39, 0.29) is 0 Å². The van der Waals surface area contributed by atoms with Gasteiger partial charge in [0.05, 0.1) is 5.69 Å². The van der Waals surface area contributed by atoms with Crippen molar-refractivity contribution in [3.63, 3.8) is 0 Å². The van der Waals surface area contributed by atoms with Crippen LogP contribution in [0, 0.1) is 0 Å². The number of rotatable bonds is 6. The molecule has 10 rings (SSSR count). The average molecular weight is 684 g/mol. The van der Waals surface area contributed by atoms with E-state index in [0.717, 1.165) is 55.8 Å². The normalized spacial score (nSPS) is 11.5. The smallest absolute Gasteiger partial charge is 0.164 e. The van der Waals surface area contributed by atoms with Crippen LogP contribution in [0.3, 0.4) is 0 Å². The van der Waals surface area contributed by atoms with Crippen molar-refractivity contribution >= 4 is 37.2 Å². The van der Waals surface area contributed by atoms with Gasteiger partial charge in [-0.05, 0) is 58.7 Å². The van der Waals surface area contributed by atoms with Crippen molar-refractivity contribution in [1.82, 2.24) is 24.3 Å². The van der Waals surface area contributed by atoms with Crippen molar-refractivity contribution in [2.45, 2.75) is 0 Å². The summed E-state index contributed by atoms with van der Waals surface area (Å²) in [4.78, 5) is 19.9. The van der Waals surface area contributed by atoms with Gasteiger partial charge in [-0.2, -0.15) is 0 Å². The Labute approximate surface area is 304 Å². The number of hydrogen-bond acceptors (Lipinski definition) is 5. The summed E-state index contributed by atoms with van der Waals surface area (Å²) in [5.41, 5.74) is 10.4. The molecule has 4 heterocycles. The maximum atomic E-state index is 5.07. The summed E-state index contributed by atoms with van der Waals surface area (Å²) in [6.45, 7) is 0. The van der Waals surface area contributed by atoms with E-state index in [4.69, 9.17) is 19.9 Å². The zero-order valence-corrected chi connectivity index (χ0v) is 28.7. The Bertz CT molecular complexity index is 2810. The third-order valence-electron chi connectivity index (χ3n) is 9.51. The van der Waals surface area contributed by atoms with Crippen molar-refractivity contribution in [2.24, 2.45) is 0 Å². The van der Waals surface area contributed by atoms with E-state index < -0.39 is 0 Å². The monoisotopic (exact) mass is 683 g/mol. The summed E-state index contributed by atoms with van der Waals surface area (Å²) in [6.07, 6.45) is 4.13. The van der Waals surface area contributed by atoms with Gasteiger partial charge in [0.1, 0.15) is 5.65 Å². The second-order valence-electron chi connectivity index (χ2n) is 12.8. The van der Waals surface area contributed by atoms with Crippen molar-refractivity contribution in [1.29, 1.82) is 0 Å². The number of thiophene rings is 1. The highest BCUT2D eigenvalue weighted by Crippen LogP contribution is 2.40. The molecule has 4 aromatic heterocycles. The molecule has 10 aromatic rings. The van der Waals surface area contributed by atoms with Crippen LogP contribution in [0.5, 0.6) is 0 Å². The molecule has 0 aliphatic rings. The van der Waals surface area contributed by atoms with E-state index in [1.54, 1.807) is 0 Å². The minimum Gasteiger partial charge on any atom is -0.306 e. The maximum Gasteiger partial charge on any atom is 0.164 e. The molecule has 0 amide bonds. The van der Waals surface area contributed by atoms with Crippen LogP contribution in [0.2, 0.25) is 0 Å². The number of fused-ring (bicyclic) bond motifs is 4. The largest absolute Gasteiger partial charge is 0.306 e. The highest BCUT2D eigenvalue weighted by atomic mass is 32.1. The Morgan fingerprint density at radius 2 is 0.923 bits per heavy atom. The SMILES string of the molecule is c1ccc(-c2nc(-c3ccccc3)nc(-c3ccc(-c4ccc5c(c4)sc4cc(-c6cn7ccccc7n6)ccc45)cc3-c3ccccc3)n2)cc1. The van der Waals surface area contributed by atoms with Gasteiger partial charge in [-0.3, -0.25) is 0 Å². The van der Waals surface area contributed by atoms with E-state index in [2.05, 4.69) is 89.5 Å². The van der Waals surface area contributed by atoms with Gasteiger partial charge in [0.2, 0.25) is 0 Å². The zero-order valence-electron chi connectivity index (χ0n) is 27.9. The van der Waals surface area contributed by atoms with Crippen LogP contribution in [0.25, 0.3) is 93.5 Å². The second-order valence-corrected chi connectivity index (χ2v) is 13.9. The number of nitrogens with zero attached hydrogens (tertiary/aromatic N) is 5. The molecule has 0 N–H and O–H groups in total. The molecule has 0 aliphatic carbocycles. The summed E-state index contributed by atoms with van der Waals surface area (Å²) in [5.74, 6) is 1.93. The molecule has 244 valence electrons. The molecule has 6 aromatic carbocycles. The van der Waals surface area contributed by atoms with Crippen LogP contribution in [0.15, 0.2) is 176 Å². The molecule has 0 saturated carbocycles. The lowest BCUT2D eigenvalue weighted by Crippen LogP contribution is -2.01. The van der Waals surface area contributed by atoms with Crippen molar-refractivity contribution in [2.75, 3.05) is 0 Å².